The third kappa shape index (κ3) is 3.91. The average molecular weight is 384 g/mol. The molecular formula is C20H22ClN5O. The van der Waals surface area contributed by atoms with E-state index < -0.39 is 0 Å². The number of fused-ring (bicyclic) bond motifs is 1. The lowest BCUT2D eigenvalue weighted by molar-refractivity contribution is -0.117. The Morgan fingerprint density at radius 3 is 3.00 bits per heavy atom. The fourth-order valence-electron chi connectivity index (χ4n) is 3.58. The summed E-state index contributed by atoms with van der Waals surface area (Å²) in [5, 5.41) is 15.0. The largest absolute Gasteiger partial charge is 0.399 e. The van der Waals surface area contributed by atoms with Crippen molar-refractivity contribution in [1.29, 1.82) is 0 Å². The normalized spacial score (nSPS) is 17.1. The number of amides is 1. The monoisotopic (exact) mass is 383 g/mol. The lowest BCUT2D eigenvalue weighted by Gasteiger charge is -2.21. The van der Waals surface area contributed by atoms with Crippen LogP contribution in [0.25, 0.3) is 22.0 Å². The first-order valence-electron chi connectivity index (χ1n) is 9.14. The first-order chi connectivity index (χ1) is 13.1. The van der Waals surface area contributed by atoms with Crippen molar-refractivity contribution < 1.29 is 4.79 Å². The number of rotatable bonds is 4. The van der Waals surface area contributed by atoms with Crippen molar-refractivity contribution in [3.8, 4) is 11.1 Å². The predicted molar refractivity (Wildman–Crippen MR) is 110 cm³/mol. The van der Waals surface area contributed by atoms with Gasteiger partial charge in [0.05, 0.1) is 5.52 Å². The Morgan fingerprint density at radius 1 is 1.30 bits per heavy atom. The summed E-state index contributed by atoms with van der Waals surface area (Å²) >= 11 is 6.33. The predicted octanol–water partition coefficient (Wildman–Crippen LogP) is 3.79. The van der Waals surface area contributed by atoms with Gasteiger partial charge >= 0.3 is 0 Å². The summed E-state index contributed by atoms with van der Waals surface area (Å²) in [6.07, 6.45) is 2.70. The highest BCUT2D eigenvalue weighted by Gasteiger charge is 2.18. The quantitative estimate of drug-likeness (QED) is 0.515. The average Bonchev–Trinajstić information content (AvgIpc) is 3.06. The van der Waals surface area contributed by atoms with Gasteiger partial charge in [0.1, 0.15) is 0 Å². The van der Waals surface area contributed by atoms with E-state index in [1.807, 2.05) is 24.3 Å². The number of halogens is 1. The van der Waals surface area contributed by atoms with Crippen LogP contribution in [0, 0.1) is 5.92 Å². The maximum absolute atomic E-state index is 12.4. The number of carbonyl (C=O) groups is 1. The molecule has 1 amide bonds. The van der Waals surface area contributed by atoms with Crippen LogP contribution in [-0.2, 0) is 4.79 Å². The van der Waals surface area contributed by atoms with E-state index in [0.717, 1.165) is 48.0 Å². The van der Waals surface area contributed by atoms with Crippen molar-refractivity contribution in [3.63, 3.8) is 0 Å². The number of hydrogen-bond donors (Lipinski definition) is 4. The smallest absolute Gasteiger partial charge is 0.225 e. The van der Waals surface area contributed by atoms with Gasteiger partial charge in [0.2, 0.25) is 5.91 Å². The number of H-pyrrole nitrogens is 1. The molecule has 6 nitrogen and oxygen atoms in total. The van der Waals surface area contributed by atoms with E-state index in [4.69, 9.17) is 17.3 Å². The zero-order chi connectivity index (χ0) is 18.8. The molecule has 140 valence electrons. The number of aromatic amines is 1. The molecule has 4 rings (SSSR count). The molecule has 1 aliphatic rings. The Kier molecular flexibility index (Phi) is 5.01. The van der Waals surface area contributed by atoms with E-state index >= 15 is 0 Å². The number of benzene rings is 2. The van der Waals surface area contributed by atoms with Gasteiger partial charge in [-0.15, -0.1) is 0 Å². The maximum Gasteiger partial charge on any atom is 0.225 e. The molecule has 0 spiro atoms. The summed E-state index contributed by atoms with van der Waals surface area (Å²) in [4.78, 5) is 12.4. The van der Waals surface area contributed by atoms with Gasteiger partial charge in [0.25, 0.3) is 0 Å². The molecule has 2 aromatic carbocycles. The van der Waals surface area contributed by atoms with Gasteiger partial charge in [-0.1, -0.05) is 17.7 Å². The van der Waals surface area contributed by atoms with E-state index in [1.54, 1.807) is 12.1 Å². The fourth-order valence-corrected chi connectivity index (χ4v) is 3.81. The van der Waals surface area contributed by atoms with Crippen LogP contribution in [-0.4, -0.2) is 29.2 Å². The maximum atomic E-state index is 12.4. The lowest BCUT2D eigenvalue weighted by atomic mass is 9.96. The fraction of sp³-hybridized carbons (Fsp3) is 0.300. The van der Waals surface area contributed by atoms with E-state index in [1.165, 1.54) is 0 Å². The number of anilines is 2. The molecule has 3 aromatic rings. The van der Waals surface area contributed by atoms with Crippen LogP contribution < -0.4 is 16.4 Å². The molecule has 1 atom stereocenters. The Balaban J connectivity index is 1.58. The van der Waals surface area contributed by atoms with E-state index in [9.17, 15) is 4.79 Å². The van der Waals surface area contributed by atoms with Gasteiger partial charge in [-0.25, -0.2) is 0 Å². The first kappa shape index (κ1) is 17.8. The van der Waals surface area contributed by atoms with Crippen LogP contribution in [0.2, 0.25) is 5.02 Å². The number of carbonyl (C=O) groups excluding carboxylic acids is 1. The van der Waals surface area contributed by atoms with Crippen molar-refractivity contribution in [2.75, 3.05) is 24.1 Å². The van der Waals surface area contributed by atoms with Crippen molar-refractivity contribution in [2.45, 2.75) is 19.3 Å². The molecule has 7 heteroatoms. The minimum absolute atomic E-state index is 0.00973. The van der Waals surface area contributed by atoms with Gasteiger partial charge in [0.15, 0.2) is 5.82 Å². The molecule has 0 saturated carbocycles. The van der Waals surface area contributed by atoms with Crippen molar-refractivity contribution >= 4 is 39.9 Å². The van der Waals surface area contributed by atoms with Crippen LogP contribution in [0.1, 0.15) is 19.3 Å². The number of aromatic nitrogens is 2. The molecule has 0 radical (unpaired) electrons. The van der Waals surface area contributed by atoms with Crippen LogP contribution in [0.4, 0.5) is 11.5 Å². The topological polar surface area (TPSA) is 95.8 Å². The Bertz CT molecular complexity index is 978. The van der Waals surface area contributed by atoms with Gasteiger partial charge in [-0.2, -0.15) is 5.10 Å². The van der Waals surface area contributed by atoms with E-state index in [2.05, 4.69) is 20.8 Å². The molecule has 0 aliphatic carbocycles. The SMILES string of the molecule is Nc1ccc(Cl)c(-c2ccc3[nH]nc(NC(=O)C[C@@H]4CCCNC4)c3c2)c1. The summed E-state index contributed by atoms with van der Waals surface area (Å²) < 4.78 is 0. The summed E-state index contributed by atoms with van der Waals surface area (Å²) in [6.45, 7) is 1.93. The van der Waals surface area contributed by atoms with Gasteiger partial charge in [-0.3, -0.25) is 9.89 Å². The summed E-state index contributed by atoms with van der Waals surface area (Å²) in [5.74, 6) is 0.913. The first-order valence-corrected chi connectivity index (χ1v) is 9.52. The molecule has 0 bridgehead atoms. The molecule has 1 aromatic heterocycles. The number of hydrogen-bond acceptors (Lipinski definition) is 4. The zero-order valence-electron chi connectivity index (χ0n) is 14.9. The number of nitrogen functional groups attached to an aromatic ring is 1. The lowest BCUT2D eigenvalue weighted by Crippen LogP contribution is -2.32. The number of nitrogens with one attached hydrogen (secondary N) is 3. The minimum atomic E-state index is -0.00973. The van der Waals surface area contributed by atoms with E-state index in [0.29, 0.717) is 28.9 Å². The van der Waals surface area contributed by atoms with Crippen LogP contribution >= 0.6 is 11.6 Å². The zero-order valence-corrected chi connectivity index (χ0v) is 15.6. The second-order valence-corrected chi connectivity index (χ2v) is 7.44. The van der Waals surface area contributed by atoms with Crippen LogP contribution in [0.3, 0.4) is 0 Å². The van der Waals surface area contributed by atoms with Gasteiger partial charge < -0.3 is 16.4 Å². The van der Waals surface area contributed by atoms with Crippen LogP contribution in [0.15, 0.2) is 36.4 Å². The van der Waals surface area contributed by atoms with Crippen molar-refractivity contribution in [1.82, 2.24) is 15.5 Å². The van der Waals surface area contributed by atoms with Gasteiger partial charge in [-0.05, 0) is 67.7 Å². The Labute approximate surface area is 162 Å². The third-order valence-electron chi connectivity index (χ3n) is 5.00. The standard InChI is InChI=1S/C20H22ClN5O/c21-17-5-4-14(22)10-15(17)13-3-6-18-16(9-13)20(26-25-18)24-19(27)8-12-2-1-7-23-11-12/h3-6,9-10,12,23H,1-2,7-8,11,22H2,(H2,24,25,26,27)/t12-/m0/s1. The molecule has 2 heterocycles. The second kappa shape index (κ2) is 7.58. The molecule has 1 saturated heterocycles. The van der Waals surface area contributed by atoms with Crippen molar-refractivity contribution in [3.05, 3.63) is 41.4 Å². The minimum Gasteiger partial charge on any atom is -0.399 e. The summed E-state index contributed by atoms with van der Waals surface area (Å²) in [7, 11) is 0. The number of nitrogens with zero attached hydrogens (tertiary/aromatic N) is 1. The molecule has 0 unspecified atom stereocenters. The molecular weight excluding hydrogens is 362 g/mol. The second-order valence-electron chi connectivity index (χ2n) is 7.04. The van der Waals surface area contributed by atoms with Crippen LogP contribution in [0.5, 0.6) is 0 Å². The highest BCUT2D eigenvalue weighted by atomic mass is 35.5. The molecule has 1 aliphatic heterocycles. The van der Waals surface area contributed by atoms with Crippen molar-refractivity contribution in [2.24, 2.45) is 5.92 Å². The summed E-state index contributed by atoms with van der Waals surface area (Å²) in [6, 6.07) is 11.3. The molecule has 1 fully saturated rings. The number of piperidine rings is 1. The highest BCUT2D eigenvalue weighted by Crippen LogP contribution is 2.33. The molecule has 5 N–H and O–H groups in total. The highest BCUT2D eigenvalue weighted by molar-refractivity contribution is 6.33. The Morgan fingerprint density at radius 2 is 2.19 bits per heavy atom. The third-order valence-corrected chi connectivity index (χ3v) is 5.32. The van der Waals surface area contributed by atoms with Gasteiger partial charge in [0, 0.05) is 28.1 Å². The number of nitrogens with two attached hydrogens (primary N) is 1. The Hall–Kier alpha value is -2.57. The van der Waals surface area contributed by atoms with E-state index in [-0.39, 0.29) is 5.91 Å². The summed E-state index contributed by atoms with van der Waals surface area (Å²) in [5.41, 5.74) is 9.18. The molecule has 27 heavy (non-hydrogen) atoms.